The van der Waals surface area contributed by atoms with E-state index in [9.17, 15) is 10.1 Å². The van der Waals surface area contributed by atoms with Gasteiger partial charge in [-0.15, -0.1) is 0 Å². The molecule has 1 aromatic heterocycles. The number of aromatic nitrogens is 2. The monoisotopic (exact) mass is 171 g/mol. The van der Waals surface area contributed by atoms with Crippen LogP contribution in [0.1, 0.15) is 12.1 Å². The Balaban J connectivity index is 2.70. The van der Waals surface area contributed by atoms with Crippen molar-refractivity contribution in [3.05, 3.63) is 22.0 Å². The molecule has 2 N–H and O–H groups in total. The number of rotatable bonds is 4. The molecular weight excluding hydrogens is 162 g/mol. The van der Waals surface area contributed by atoms with Crippen LogP contribution >= 0.6 is 0 Å². The lowest BCUT2D eigenvalue weighted by Crippen LogP contribution is -1.95. The predicted molar refractivity (Wildman–Crippen MR) is 40.6 cm³/mol. The Morgan fingerprint density at radius 1 is 1.75 bits per heavy atom. The highest BCUT2D eigenvalue weighted by atomic mass is 16.6. The summed E-state index contributed by atoms with van der Waals surface area (Å²) in [6.45, 7) is 0.0240. The summed E-state index contributed by atoms with van der Waals surface area (Å²) < 4.78 is 0. The summed E-state index contributed by atoms with van der Waals surface area (Å²) in [5.74, 6) is 0. The van der Waals surface area contributed by atoms with Crippen LogP contribution in [0.2, 0.25) is 0 Å². The van der Waals surface area contributed by atoms with Crippen LogP contribution in [0.3, 0.4) is 0 Å². The second kappa shape index (κ2) is 3.82. The van der Waals surface area contributed by atoms with Crippen molar-refractivity contribution in [2.45, 2.75) is 12.8 Å². The Hall–Kier alpha value is -1.43. The van der Waals surface area contributed by atoms with Crippen molar-refractivity contribution in [1.82, 2.24) is 10.2 Å². The molecule has 0 aliphatic heterocycles. The SMILES string of the molecule is O=[N+]([O-])c1cn[nH]c1CCCO. The summed E-state index contributed by atoms with van der Waals surface area (Å²) >= 11 is 0. The van der Waals surface area contributed by atoms with Gasteiger partial charge in [0.2, 0.25) is 0 Å². The third-order valence-corrected chi connectivity index (χ3v) is 1.48. The second-order valence-corrected chi connectivity index (χ2v) is 2.32. The van der Waals surface area contributed by atoms with Gasteiger partial charge in [0.1, 0.15) is 11.9 Å². The summed E-state index contributed by atoms with van der Waals surface area (Å²) in [4.78, 5) is 9.84. The number of hydrogen-bond donors (Lipinski definition) is 2. The van der Waals surface area contributed by atoms with Crippen LogP contribution in [0, 0.1) is 10.1 Å². The molecule has 0 fully saturated rings. The van der Waals surface area contributed by atoms with Gasteiger partial charge in [-0.1, -0.05) is 0 Å². The minimum Gasteiger partial charge on any atom is -0.396 e. The van der Waals surface area contributed by atoms with E-state index in [1.165, 1.54) is 6.20 Å². The largest absolute Gasteiger partial charge is 0.396 e. The Labute approximate surface area is 68.4 Å². The van der Waals surface area contributed by atoms with Crippen LogP contribution in [-0.4, -0.2) is 26.8 Å². The van der Waals surface area contributed by atoms with Gasteiger partial charge in [0, 0.05) is 6.61 Å². The molecule has 0 spiro atoms. The lowest BCUT2D eigenvalue weighted by molar-refractivity contribution is -0.385. The predicted octanol–water partition coefficient (Wildman–Crippen LogP) is 0.243. The number of aliphatic hydroxyl groups excluding tert-OH is 1. The molecule has 0 saturated carbocycles. The molecule has 0 aliphatic rings. The highest BCUT2D eigenvalue weighted by molar-refractivity contribution is 5.31. The van der Waals surface area contributed by atoms with E-state index in [-0.39, 0.29) is 12.3 Å². The van der Waals surface area contributed by atoms with Crippen LogP contribution < -0.4 is 0 Å². The van der Waals surface area contributed by atoms with E-state index in [4.69, 9.17) is 5.11 Å². The average molecular weight is 171 g/mol. The lowest BCUT2D eigenvalue weighted by Gasteiger charge is -1.93. The van der Waals surface area contributed by atoms with E-state index >= 15 is 0 Å². The van der Waals surface area contributed by atoms with E-state index in [0.29, 0.717) is 18.5 Å². The van der Waals surface area contributed by atoms with Crippen molar-refractivity contribution in [2.24, 2.45) is 0 Å². The standard InChI is InChI=1S/C6H9N3O3/c10-3-1-2-5-6(9(11)12)4-7-8-5/h4,10H,1-3H2,(H,7,8). The molecule has 0 aliphatic carbocycles. The van der Waals surface area contributed by atoms with Crippen LogP contribution in [0.15, 0.2) is 6.20 Å². The third-order valence-electron chi connectivity index (χ3n) is 1.48. The zero-order valence-electron chi connectivity index (χ0n) is 6.36. The zero-order valence-corrected chi connectivity index (χ0v) is 6.36. The number of nitrogens with zero attached hydrogens (tertiary/aromatic N) is 2. The molecular formula is C6H9N3O3. The van der Waals surface area contributed by atoms with Gasteiger partial charge in [-0.25, -0.2) is 0 Å². The summed E-state index contributed by atoms with van der Waals surface area (Å²) in [6.07, 6.45) is 2.13. The molecule has 1 heterocycles. The molecule has 1 aromatic rings. The summed E-state index contributed by atoms with van der Waals surface area (Å²) in [5.41, 5.74) is 0.456. The Morgan fingerprint density at radius 2 is 2.50 bits per heavy atom. The topological polar surface area (TPSA) is 92.0 Å². The smallest absolute Gasteiger partial charge is 0.309 e. The molecule has 6 nitrogen and oxygen atoms in total. The molecule has 0 radical (unpaired) electrons. The number of aryl methyl sites for hydroxylation is 1. The normalized spacial score (nSPS) is 10.1. The average Bonchev–Trinajstić information content (AvgIpc) is 2.48. The Bertz CT molecular complexity index is 271. The van der Waals surface area contributed by atoms with E-state index in [0.717, 1.165) is 0 Å². The molecule has 1 rings (SSSR count). The number of H-pyrrole nitrogens is 1. The summed E-state index contributed by atoms with van der Waals surface area (Å²) in [5, 5.41) is 24.9. The molecule has 0 unspecified atom stereocenters. The quantitative estimate of drug-likeness (QED) is 0.501. The molecule has 6 heteroatoms. The first-order chi connectivity index (χ1) is 5.75. The molecule has 0 atom stereocenters. The van der Waals surface area contributed by atoms with E-state index in [1.807, 2.05) is 0 Å². The first-order valence-corrected chi connectivity index (χ1v) is 3.53. The van der Waals surface area contributed by atoms with Gasteiger partial charge in [0.25, 0.3) is 0 Å². The van der Waals surface area contributed by atoms with Crippen LogP contribution in [-0.2, 0) is 6.42 Å². The van der Waals surface area contributed by atoms with Crippen molar-refractivity contribution in [3.63, 3.8) is 0 Å². The fourth-order valence-electron chi connectivity index (χ4n) is 0.904. The molecule has 0 saturated heterocycles. The van der Waals surface area contributed by atoms with Crippen molar-refractivity contribution >= 4 is 5.69 Å². The highest BCUT2D eigenvalue weighted by Gasteiger charge is 2.14. The van der Waals surface area contributed by atoms with E-state index in [2.05, 4.69) is 10.2 Å². The minimum atomic E-state index is -0.490. The number of aromatic amines is 1. The Morgan fingerprint density at radius 3 is 3.08 bits per heavy atom. The maximum atomic E-state index is 10.3. The van der Waals surface area contributed by atoms with Gasteiger partial charge in [-0.2, -0.15) is 5.10 Å². The van der Waals surface area contributed by atoms with Crippen molar-refractivity contribution in [2.75, 3.05) is 6.61 Å². The van der Waals surface area contributed by atoms with Crippen LogP contribution in [0.4, 0.5) is 5.69 Å². The Kier molecular flexibility index (Phi) is 2.76. The minimum absolute atomic E-state index is 0.0107. The summed E-state index contributed by atoms with van der Waals surface area (Å²) in [6, 6.07) is 0. The zero-order chi connectivity index (χ0) is 8.97. The third kappa shape index (κ3) is 1.79. The molecule has 12 heavy (non-hydrogen) atoms. The lowest BCUT2D eigenvalue weighted by atomic mass is 10.2. The van der Waals surface area contributed by atoms with E-state index in [1.54, 1.807) is 0 Å². The number of hydrogen-bond acceptors (Lipinski definition) is 4. The molecule has 0 aromatic carbocycles. The maximum absolute atomic E-state index is 10.3. The van der Waals surface area contributed by atoms with Gasteiger partial charge in [0.15, 0.2) is 0 Å². The first-order valence-electron chi connectivity index (χ1n) is 3.53. The number of aliphatic hydroxyl groups is 1. The van der Waals surface area contributed by atoms with Gasteiger partial charge in [-0.05, 0) is 12.8 Å². The molecule has 0 amide bonds. The first kappa shape index (κ1) is 8.66. The summed E-state index contributed by atoms with van der Waals surface area (Å²) in [7, 11) is 0. The van der Waals surface area contributed by atoms with Gasteiger partial charge in [-0.3, -0.25) is 15.2 Å². The van der Waals surface area contributed by atoms with E-state index < -0.39 is 4.92 Å². The maximum Gasteiger partial charge on any atom is 0.309 e. The fraction of sp³-hybridized carbons (Fsp3) is 0.500. The number of nitrogens with one attached hydrogen (secondary N) is 1. The fourth-order valence-corrected chi connectivity index (χ4v) is 0.904. The molecule has 66 valence electrons. The van der Waals surface area contributed by atoms with Gasteiger partial charge >= 0.3 is 5.69 Å². The van der Waals surface area contributed by atoms with Crippen molar-refractivity contribution in [3.8, 4) is 0 Å². The second-order valence-electron chi connectivity index (χ2n) is 2.32. The highest BCUT2D eigenvalue weighted by Crippen LogP contribution is 2.15. The van der Waals surface area contributed by atoms with Gasteiger partial charge in [0.05, 0.1) is 4.92 Å². The molecule has 0 bridgehead atoms. The van der Waals surface area contributed by atoms with Crippen molar-refractivity contribution in [1.29, 1.82) is 0 Å². The number of nitro groups is 1. The van der Waals surface area contributed by atoms with Crippen LogP contribution in [0.5, 0.6) is 0 Å². The van der Waals surface area contributed by atoms with Crippen LogP contribution in [0.25, 0.3) is 0 Å². The van der Waals surface area contributed by atoms with Crippen molar-refractivity contribution < 1.29 is 10.0 Å². The van der Waals surface area contributed by atoms with Gasteiger partial charge < -0.3 is 5.11 Å².